The molecule has 0 unspecified atom stereocenters. The lowest BCUT2D eigenvalue weighted by atomic mass is 10.3. The van der Waals surface area contributed by atoms with Crippen molar-refractivity contribution in [1.82, 2.24) is 15.1 Å². The molecule has 1 fully saturated rings. The smallest absolute Gasteiger partial charge is 0.236 e. The Morgan fingerprint density at radius 3 is 2.85 bits per heavy atom. The Morgan fingerprint density at radius 1 is 1.40 bits per heavy atom. The Morgan fingerprint density at radius 2 is 2.20 bits per heavy atom. The summed E-state index contributed by atoms with van der Waals surface area (Å²) in [6.07, 6.45) is 1.70. The molecule has 20 heavy (non-hydrogen) atoms. The van der Waals surface area contributed by atoms with Crippen molar-refractivity contribution in [2.75, 3.05) is 53.0 Å². The number of hydrogen-bond acceptors (Lipinski definition) is 5. The van der Waals surface area contributed by atoms with Crippen LogP contribution < -0.4 is 5.32 Å². The molecule has 0 aliphatic carbocycles. The zero-order valence-electron chi connectivity index (χ0n) is 12.0. The number of nitrogens with zero attached hydrogens (tertiary/aromatic N) is 2. The fraction of sp³-hybridized carbons (Fsp3) is 0.643. The molecule has 6 nitrogen and oxygen atoms in total. The number of carbonyl (C=O) groups excluding carboxylic acids is 1. The van der Waals surface area contributed by atoms with Crippen molar-refractivity contribution in [3.63, 3.8) is 0 Å². The van der Waals surface area contributed by atoms with Crippen LogP contribution >= 0.6 is 0 Å². The number of nitrogens with one attached hydrogen (secondary N) is 1. The third-order valence-electron chi connectivity index (χ3n) is 3.44. The second-order valence-electron chi connectivity index (χ2n) is 4.91. The molecule has 6 heteroatoms. The van der Waals surface area contributed by atoms with E-state index in [1.807, 2.05) is 17.0 Å². The van der Waals surface area contributed by atoms with Crippen LogP contribution in [-0.2, 0) is 16.1 Å². The van der Waals surface area contributed by atoms with Crippen LogP contribution in [0.3, 0.4) is 0 Å². The molecule has 1 saturated heterocycles. The van der Waals surface area contributed by atoms with Crippen molar-refractivity contribution in [1.29, 1.82) is 0 Å². The van der Waals surface area contributed by atoms with Crippen molar-refractivity contribution in [3.05, 3.63) is 24.2 Å². The molecule has 0 atom stereocenters. The van der Waals surface area contributed by atoms with Crippen LogP contribution in [0.5, 0.6) is 0 Å². The summed E-state index contributed by atoms with van der Waals surface area (Å²) in [6.45, 7) is 5.90. The fourth-order valence-electron chi connectivity index (χ4n) is 2.26. The zero-order chi connectivity index (χ0) is 14.2. The molecule has 1 N–H and O–H groups in total. The van der Waals surface area contributed by atoms with E-state index in [1.165, 1.54) is 0 Å². The van der Waals surface area contributed by atoms with Crippen LogP contribution in [0.4, 0.5) is 0 Å². The largest absolute Gasteiger partial charge is 0.468 e. The fourth-order valence-corrected chi connectivity index (χ4v) is 2.26. The summed E-state index contributed by atoms with van der Waals surface area (Å²) in [4.78, 5) is 16.2. The van der Waals surface area contributed by atoms with Crippen LogP contribution in [0, 0.1) is 0 Å². The minimum atomic E-state index is 0.166. The third kappa shape index (κ3) is 4.63. The molecular weight excluding hydrogens is 258 g/mol. The molecule has 0 saturated carbocycles. The molecule has 0 aromatic carbocycles. The quantitative estimate of drug-likeness (QED) is 0.722. The van der Waals surface area contributed by atoms with Gasteiger partial charge < -0.3 is 19.4 Å². The van der Waals surface area contributed by atoms with E-state index in [9.17, 15) is 4.79 Å². The standard InChI is InChI=1S/C14H23N3O3/c1-19-10-4-15-11-14(18)17-7-5-16(6-8-17)12-13-3-2-9-20-13/h2-3,9,15H,4-8,10-12H2,1H3. The number of furan rings is 1. The zero-order valence-corrected chi connectivity index (χ0v) is 12.0. The first-order chi connectivity index (χ1) is 9.79. The predicted octanol–water partition coefficient (Wildman–Crippen LogP) is 0.160. The number of methoxy groups -OCH3 is 1. The maximum atomic E-state index is 12.0. The molecule has 1 aliphatic rings. The highest BCUT2D eigenvalue weighted by atomic mass is 16.5. The highest BCUT2D eigenvalue weighted by Gasteiger charge is 2.21. The Balaban J connectivity index is 1.64. The van der Waals surface area contributed by atoms with Gasteiger partial charge >= 0.3 is 0 Å². The molecule has 0 bridgehead atoms. The molecule has 0 spiro atoms. The lowest BCUT2D eigenvalue weighted by molar-refractivity contribution is -0.132. The number of ether oxygens (including phenoxy) is 1. The van der Waals surface area contributed by atoms with Gasteiger partial charge in [-0.05, 0) is 12.1 Å². The highest BCUT2D eigenvalue weighted by Crippen LogP contribution is 2.08. The Kier molecular flexibility index (Phi) is 6.04. The molecule has 2 rings (SSSR count). The molecule has 1 aliphatic heterocycles. The van der Waals surface area contributed by atoms with Crippen LogP contribution in [-0.4, -0.2) is 68.7 Å². The first-order valence-corrected chi connectivity index (χ1v) is 7.02. The van der Waals surface area contributed by atoms with Gasteiger partial charge in [-0.3, -0.25) is 9.69 Å². The lowest BCUT2D eigenvalue weighted by Crippen LogP contribution is -2.50. The molecule has 1 aromatic heterocycles. The van der Waals surface area contributed by atoms with E-state index in [4.69, 9.17) is 9.15 Å². The maximum Gasteiger partial charge on any atom is 0.236 e. The van der Waals surface area contributed by atoms with E-state index in [0.29, 0.717) is 19.7 Å². The van der Waals surface area contributed by atoms with Crippen molar-refractivity contribution >= 4 is 5.91 Å². The summed E-state index contributed by atoms with van der Waals surface area (Å²) < 4.78 is 10.3. The normalized spacial score (nSPS) is 16.6. The van der Waals surface area contributed by atoms with Crippen LogP contribution in [0.25, 0.3) is 0 Å². The van der Waals surface area contributed by atoms with Gasteiger partial charge in [-0.15, -0.1) is 0 Å². The topological polar surface area (TPSA) is 58.0 Å². The average Bonchev–Trinajstić information content (AvgIpc) is 2.97. The first-order valence-electron chi connectivity index (χ1n) is 7.02. The molecule has 1 aromatic rings. The number of rotatable bonds is 7. The monoisotopic (exact) mass is 281 g/mol. The van der Waals surface area contributed by atoms with Crippen molar-refractivity contribution in [3.8, 4) is 0 Å². The van der Waals surface area contributed by atoms with Gasteiger partial charge in [-0.1, -0.05) is 0 Å². The van der Waals surface area contributed by atoms with Crippen LogP contribution in [0.15, 0.2) is 22.8 Å². The highest BCUT2D eigenvalue weighted by molar-refractivity contribution is 5.78. The van der Waals surface area contributed by atoms with Crippen LogP contribution in [0.1, 0.15) is 5.76 Å². The lowest BCUT2D eigenvalue weighted by Gasteiger charge is -2.34. The minimum Gasteiger partial charge on any atom is -0.468 e. The maximum absolute atomic E-state index is 12.0. The van der Waals surface area contributed by atoms with E-state index in [-0.39, 0.29) is 5.91 Å². The molecule has 112 valence electrons. The summed E-state index contributed by atoms with van der Waals surface area (Å²) in [5, 5.41) is 3.09. The molecule has 1 amide bonds. The van der Waals surface area contributed by atoms with Crippen molar-refractivity contribution in [2.24, 2.45) is 0 Å². The van der Waals surface area contributed by atoms with E-state index in [2.05, 4.69) is 10.2 Å². The number of piperazine rings is 1. The van der Waals surface area contributed by atoms with Gasteiger partial charge in [-0.2, -0.15) is 0 Å². The Labute approximate surface area is 119 Å². The number of hydrogen-bond donors (Lipinski definition) is 1. The SMILES string of the molecule is COCCNCC(=O)N1CCN(Cc2ccco2)CC1. The van der Waals surface area contributed by atoms with E-state index >= 15 is 0 Å². The van der Waals surface area contributed by atoms with Gasteiger partial charge in [0.1, 0.15) is 5.76 Å². The van der Waals surface area contributed by atoms with E-state index in [0.717, 1.165) is 38.5 Å². The van der Waals surface area contributed by atoms with E-state index in [1.54, 1.807) is 13.4 Å². The Bertz CT molecular complexity index is 386. The van der Waals surface area contributed by atoms with Gasteiger partial charge in [0, 0.05) is 39.8 Å². The minimum absolute atomic E-state index is 0.166. The van der Waals surface area contributed by atoms with Gasteiger partial charge in [0.25, 0.3) is 0 Å². The average molecular weight is 281 g/mol. The summed E-state index contributed by atoms with van der Waals surface area (Å²) >= 11 is 0. The first kappa shape index (κ1) is 15.0. The molecular formula is C14H23N3O3. The van der Waals surface area contributed by atoms with Gasteiger partial charge in [0.05, 0.1) is 26.0 Å². The summed E-state index contributed by atoms with van der Waals surface area (Å²) in [5.41, 5.74) is 0. The van der Waals surface area contributed by atoms with Gasteiger partial charge in [0.15, 0.2) is 0 Å². The summed E-state index contributed by atoms with van der Waals surface area (Å²) in [7, 11) is 1.65. The van der Waals surface area contributed by atoms with Gasteiger partial charge in [0.2, 0.25) is 5.91 Å². The summed E-state index contributed by atoms with van der Waals surface area (Å²) in [6, 6.07) is 3.89. The summed E-state index contributed by atoms with van der Waals surface area (Å²) in [5.74, 6) is 1.14. The van der Waals surface area contributed by atoms with Gasteiger partial charge in [-0.25, -0.2) is 0 Å². The number of amides is 1. The predicted molar refractivity (Wildman–Crippen MR) is 75.3 cm³/mol. The third-order valence-corrected chi connectivity index (χ3v) is 3.44. The number of carbonyl (C=O) groups is 1. The van der Waals surface area contributed by atoms with E-state index < -0.39 is 0 Å². The van der Waals surface area contributed by atoms with Crippen molar-refractivity contribution < 1.29 is 13.9 Å². The van der Waals surface area contributed by atoms with Crippen molar-refractivity contribution in [2.45, 2.75) is 6.54 Å². The second-order valence-corrected chi connectivity index (χ2v) is 4.91. The Hall–Kier alpha value is -1.37. The van der Waals surface area contributed by atoms with Crippen LogP contribution in [0.2, 0.25) is 0 Å². The molecule has 2 heterocycles. The molecule has 0 radical (unpaired) electrons. The second kappa shape index (κ2) is 8.04.